The van der Waals surface area contributed by atoms with Crippen LogP contribution in [0.3, 0.4) is 0 Å². The lowest BCUT2D eigenvalue weighted by molar-refractivity contribution is 0.0660. The van der Waals surface area contributed by atoms with Gasteiger partial charge in [-0.2, -0.15) is 0 Å². The molecule has 0 aromatic carbocycles. The molecule has 0 saturated heterocycles. The summed E-state index contributed by atoms with van der Waals surface area (Å²) in [6, 6.07) is 2.12. The van der Waals surface area contributed by atoms with E-state index >= 15 is 0 Å². The van der Waals surface area contributed by atoms with Crippen molar-refractivity contribution in [3.05, 3.63) is 23.7 Å². The fourth-order valence-corrected chi connectivity index (χ4v) is 2.58. The first kappa shape index (κ1) is 12.2. The predicted molar refractivity (Wildman–Crippen MR) is 63.9 cm³/mol. The summed E-state index contributed by atoms with van der Waals surface area (Å²) in [6.45, 7) is 9.42. The van der Waals surface area contributed by atoms with Crippen molar-refractivity contribution in [1.29, 1.82) is 0 Å². The molecule has 1 heterocycles. The first-order chi connectivity index (χ1) is 7.78. The molecular weight excluding hydrogens is 218 g/mol. The molecule has 0 radical (unpaired) electrons. The average molecular weight is 237 g/mol. The van der Waals surface area contributed by atoms with Crippen LogP contribution in [0.2, 0.25) is 0 Å². The molecule has 0 atom stereocenters. The summed E-state index contributed by atoms with van der Waals surface area (Å²) in [5.41, 5.74) is 1.20. The maximum absolute atomic E-state index is 10.9. The smallest absolute Gasteiger partial charge is 0.372 e. The van der Waals surface area contributed by atoms with Gasteiger partial charge in [0.1, 0.15) is 0 Å². The van der Waals surface area contributed by atoms with Gasteiger partial charge in [-0.25, -0.2) is 4.79 Å². The standard InChI is InChI=1S/C13H19NO3/c1-12(2)11(13(12,3)4)14-7-8-5-6-17-9(8)10(15)16/h5-6,11,14H,7H2,1-4H3,(H,15,16). The Kier molecular flexibility index (Phi) is 2.58. The molecule has 1 aromatic rings. The van der Waals surface area contributed by atoms with Gasteiger partial charge in [0, 0.05) is 18.2 Å². The maximum Gasteiger partial charge on any atom is 0.372 e. The molecule has 1 aliphatic carbocycles. The van der Waals surface area contributed by atoms with Gasteiger partial charge in [-0.05, 0) is 16.9 Å². The molecule has 1 fully saturated rings. The van der Waals surface area contributed by atoms with Gasteiger partial charge in [-0.15, -0.1) is 0 Å². The number of furan rings is 1. The van der Waals surface area contributed by atoms with Crippen molar-refractivity contribution in [2.45, 2.75) is 40.3 Å². The Morgan fingerprint density at radius 3 is 2.47 bits per heavy atom. The zero-order chi connectivity index (χ0) is 12.8. The molecule has 0 spiro atoms. The second-order valence-electron chi connectivity index (χ2n) is 5.84. The number of aromatic carboxylic acids is 1. The number of carboxylic acid groups (broad SMARTS) is 1. The predicted octanol–water partition coefficient (Wildman–Crippen LogP) is 2.50. The highest BCUT2D eigenvalue weighted by molar-refractivity contribution is 5.86. The van der Waals surface area contributed by atoms with E-state index in [1.54, 1.807) is 6.07 Å². The lowest BCUT2D eigenvalue weighted by Gasteiger charge is -2.05. The molecule has 2 N–H and O–H groups in total. The van der Waals surface area contributed by atoms with Crippen LogP contribution in [0, 0.1) is 10.8 Å². The summed E-state index contributed by atoms with van der Waals surface area (Å²) in [5.74, 6) is -0.977. The molecule has 4 nitrogen and oxygen atoms in total. The van der Waals surface area contributed by atoms with Gasteiger partial charge in [0.05, 0.1) is 6.26 Å². The Morgan fingerprint density at radius 2 is 2.00 bits per heavy atom. The van der Waals surface area contributed by atoms with Crippen molar-refractivity contribution >= 4 is 5.97 Å². The van der Waals surface area contributed by atoms with Crippen LogP contribution < -0.4 is 5.32 Å². The van der Waals surface area contributed by atoms with Crippen molar-refractivity contribution < 1.29 is 14.3 Å². The Balaban J connectivity index is 2.01. The summed E-state index contributed by atoms with van der Waals surface area (Å²) in [5, 5.41) is 12.3. The van der Waals surface area contributed by atoms with Gasteiger partial charge < -0.3 is 14.8 Å². The SMILES string of the molecule is CC1(C)C(NCc2ccoc2C(=O)O)C1(C)C. The number of rotatable bonds is 4. The number of hydrogen-bond donors (Lipinski definition) is 2. The van der Waals surface area contributed by atoms with Crippen LogP contribution in [0.25, 0.3) is 0 Å². The third-order valence-electron chi connectivity index (χ3n) is 4.46. The van der Waals surface area contributed by atoms with Gasteiger partial charge in [0.2, 0.25) is 5.76 Å². The van der Waals surface area contributed by atoms with E-state index in [2.05, 4.69) is 33.0 Å². The third kappa shape index (κ3) is 1.76. The van der Waals surface area contributed by atoms with E-state index in [1.165, 1.54) is 6.26 Å². The highest BCUT2D eigenvalue weighted by Gasteiger charge is 2.64. The van der Waals surface area contributed by atoms with Crippen molar-refractivity contribution in [1.82, 2.24) is 5.32 Å². The quantitative estimate of drug-likeness (QED) is 0.844. The molecule has 4 heteroatoms. The van der Waals surface area contributed by atoms with Crippen LogP contribution in [-0.4, -0.2) is 17.1 Å². The van der Waals surface area contributed by atoms with Gasteiger partial charge in [0.25, 0.3) is 0 Å². The van der Waals surface area contributed by atoms with Gasteiger partial charge >= 0.3 is 5.97 Å². The largest absolute Gasteiger partial charge is 0.475 e. The highest BCUT2D eigenvalue weighted by Crippen LogP contribution is 2.62. The molecule has 1 aliphatic rings. The van der Waals surface area contributed by atoms with E-state index in [-0.39, 0.29) is 16.6 Å². The van der Waals surface area contributed by atoms with Crippen molar-refractivity contribution in [2.75, 3.05) is 0 Å². The lowest BCUT2D eigenvalue weighted by atomic mass is 10.0. The molecule has 0 bridgehead atoms. The summed E-state index contributed by atoms with van der Waals surface area (Å²) >= 11 is 0. The minimum absolute atomic E-state index is 0.0359. The summed E-state index contributed by atoms with van der Waals surface area (Å²) < 4.78 is 4.94. The fourth-order valence-electron chi connectivity index (χ4n) is 2.58. The summed E-state index contributed by atoms with van der Waals surface area (Å²) in [7, 11) is 0. The maximum atomic E-state index is 10.9. The van der Waals surface area contributed by atoms with Crippen LogP contribution in [-0.2, 0) is 6.54 Å². The Hall–Kier alpha value is -1.29. The molecular formula is C13H19NO3. The first-order valence-electron chi connectivity index (χ1n) is 5.81. The second-order valence-corrected chi connectivity index (χ2v) is 5.84. The first-order valence-corrected chi connectivity index (χ1v) is 5.81. The minimum Gasteiger partial charge on any atom is -0.475 e. The van der Waals surface area contributed by atoms with Crippen LogP contribution in [0.4, 0.5) is 0 Å². The van der Waals surface area contributed by atoms with Crippen LogP contribution in [0.5, 0.6) is 0 Å². The molecule has 2 rings (SSSR count). The second kappa shape index (κ2) is 3.60. The number of carboxylic acids is 1. The summed E-state index contributed by atoms with van der Waals surface area (Å²) in [6.07, 6.45) is 1.42. The Morgan fingerprint density at radius 1 is 1.41 bits per heavy atom. The van der Waals surface area contributed by atoms with E-state index in [1.807, 2.05) is 0 Å². The van der Waals surface area contributed by atoms with Crippen LogP contribution in [0.1, 0.15) is 43.8 Å². The Labute approximate surface area is 101 Å². The molecule has 0 unspecified atom stereocenters. The van der Waals surface area contributed by atoms with Crippen LogP contribution in [0.15, 0.2) is 16.7 Å². The zero-order valence-electron chi connectivity index (χ0n) is 10.7. The molecule has 17 heavy (non-hydrogen) atoms. The van der Waals surface area contributed by atoms with E-state index in [9.17, 15) is 4.79 Å². The molecule has 1 saturated carbocycles. The van der Waals surface area contributed by atoms with E-state index in [0.29, 0.717) is 18.2 Å². The molecule has 94 valence electrons. The Bertz CT molecular complexity index is 431. The molecule has 0 aliphatic heterocycles. The van der Waals surface area contributed by atoms with E-state index < -0.39 is 5.97 Å². The average Bonchev–Trinajstić information content (AvgIpc) is 2.56. The van der Waals surface area contributed by atoms with Crippen molar-refractivity contribution in [3.63, 3.8) is 0 Å². The number of nitrogens with one attached hydrogen (secondary N) is 1. The summed E-state index contributed by atoms with van der Waals surface area (Å²) in [4.78, 5) is 10.9. The normalized spacial score (nSPS) is 21.4. The molecule has 0 amide bonds. The third-order valence-corrected chi connectivity index (χ3v) is 4.46. The van der Waals surface area contributed by atoms with Crippen molar-refractivity contribution in [3.8, 4) is 0 Å². The van der Waals surface area contributed by atoms with Gasteiger partial charge in [-0.3, -0.25) is 0 Å². The van der Waals surface area contributed by atoms with Gasteiger partial charge in [0.15, 0.2) is 0 Å². The van der Waals surface area contributed by atoms with Crippen LogP contribution >= 0.6 is 0 Å². The zero-order valence-corrected chi connectivity index (χ0v) is 10.7. The number of hydrogen-bond acceptors (Lipinski definition) is 3. The lowest BCUT2D eigenvalue weighted by Crippen LogP contribution is -2.22. The monoisotopic (exact) mass is 237 g/mol. The fraction of sp³-hybridized carbons (Fsp3) is 0.615. The van der Waals surface area contributed by atoms with E-state index in [4.69, 9.17) is 9.52 Å². The number of carbonyl (C=O) groups is 1. The topological polar surface area (TPSA) is 62.5 Å². The van der Waals surface area contributed by atoms with E-state index in [0.717, 1.165) is 0 Å². The van der Waals surface area contributed by atoms with Gasteiger partial charge in [-0.1, -0.05) is 27.7 Å². The van der Waals surface area contributed by atoms with Crippen molar-refractivity contribution in [2.24, 2.45) is 10.8 Å². The highest BCUT2D eigenvalue weighted by atomic mass is 16.4. The molecule has 1 aromatic heterocycles. The minimum atomic E-state index is -1.01.